The van der Waals surface area contributed by atoms with Crippen molar-refractivity contribution < 1.29 is 0 Å². The maximum Gasteiger partial charge on any atom is 0.164 e. The first kappa shape index (κ1) is 10.9. The van der Waals surface area contributed by atoms with E-state index in [0.717, 1.165) is 37.5 Å². The molecule has 1 N–H and O–H groups in total. The molecule has 0 saturated heterocycles. The molecule has 1 heterocycles. The van der Waals surface area contributed by atoms with Crippen molar-refractivity contribution >= 4 is 0 Å². The number of aromatic nitrogens is 3. The quantitative estimate of drug-likeness (QED) is 0.549. The Morgan fingerprint density at radius 2 is 2.43 bits per heavy atom. The van der Waals surface area contributed by atoms with Gasteiger partial charge >= 0.3 is 0 Å². The summed E-state index contributed by atoms with van der Waals surface area (Å²) < 4.78 is 1.81. The molecule has 0 saturated carbocycles. The van der Waals surface area contributed by atoms with E-state index in [1.807, 2.05) is 11.6 Å². The fourth-order valence-corrected chi connectivity index (χ4v) is 1.14. The SMILES string of the molecule is C=C(C)Cn1cnc(CNCCC)n1. The second-order valence-corrected chi connectivity index (χ2v) is 3.49. The lowest BCUT2D eigenvalue weighted by Gasteiger charge is -1.99. The zero-order valence-corrected chi connectivity index (χ0v) is 8.95. The number of nitrogens with one attached hydrogen (secondary N) is 1. The van der Waals surface area contributed by atoms with E-state index in [9.17, 15) is 0 Å². The van der Waals surface area contributed by atoms with E-state index >= 15 is 0 Å². The molecule has 0 aliphatic carbocycles. The number of rotatable bonds is 6. The molecule has 0 bridgehead atoms. The van der Waals surface area contributed by atoms with Crippen LogP contribution >= 0.6 is 0 Å². The van der Waals surface area contributed by atoms with Crippen LogP contribution in [0.4, 0.5) is 0 Å². The van der Waals surface area contributed by atoms with Gasteiger partial charge in [0.05, 0.1) is 13.1 Å². The summed E-state index contributed by atoms with van der Waals surface area (Å²) in [5, 5.41) is 7.56. The van der Waals surface area contributed by atoms with E-state index < -0.39 is 0 Å². The molecule has 4 nitrogen and oxygen atoms in total. The van der Waals surface area contributed by atoms with Crippen molar-refractivity contribution in [1.29, 1.82) is 0 Å². The zero-order valence-electron chi connectivity index (χ0n) is 8.95. The van der Waals surface area contributed by atoms with Gasteiger partial charge < -0.3 is 5.32 Å². The molecule has 0 atom stereocenters. The molecule has 4 heteroatoms. The average molecular weight is 194 g/mol. The number of allylic oxidation sites excluding steroid dienone is 1. The molecule has 0 spiro atoms. The van der Waals surface area contributed by atoms with Crippen LogP contribution in [0.2, 0.25) is 0 Å². The summed E-state index contributed by atoms with van der Waals surface area (Å²) in [6.45, 7) is 10.5. The second kappa shape index (κ2) is 5.54. The van der Waals surface area contributed by atoms with E-state index in [1.165, 1.54) is 0 Å². The van der Waals surface area contributed by atoms with Crippen LogP contribution in [0.15, 0.2) is 18.5 Å². The summed E-state index contributed by atoms with van der Waals surface area (Å²) in [6.07, 6.45) is 2.88. The van der Waals surface area contributed by atoms with Gasteiger partial charge in [0, 0.05) is 0 Å². The van der Waals surface area contributed by atoms with Crippen LogP contribution in [0.5, 0.6) is 0 Å². The van der Waals surface area contributed by atoms with Gasteiger partial charge in [-0.25, -0.2) is 9.67 Å². The smallest absolute Gasteiger partial charge is 0.164 e. The third-order valence-electron chi connectivity index (χ3n) is 1.73. The Kier molecular flexibility index (Phi) is 4.32. The molecule has 78 valence electrons. The third-order valence-corrected chi connectivity index (χ3v) is 1.73. The summed E-state index contributed by atoms with van der Waals surface area (Å²) in [5.41, 5.74) is 1.09. The Balaban J connectivity index is 2.38. The van der Waals surface area contributed by atoms with Crippen LogP contribution in [0.3, 0.4) is 0 Å². The van der Waals surface area contributed by atoms with Gasteiger partial charge in [0.15, 0.2) is 5.82 Å². The van der Waals surface area contributed by atoms with Gasteiger partial charge in [-0.15, -0.1) is 0 Å². The van der Waals surface area contributed by atoms with E-state index in [1.54, 1.807) is 6.33 Å². The highest BCUT2D eigenvalue weighted by Gasteiger charge is 1.99. The molecule has 0 unspecified atom stereocenters. The number of hydrogen-bond acceptors (Lipinski definition) is 3. The minimum absolute atomic E-state index is 0.747. The van der Waals surface area contributed by atoms with Crippen LogP contribution < -0.4 is 5.32 Å². The fraction of sp³-hybridized carbons (Fsp3) is 0.600. The van der Waals surface area contributed by atoms with Gasteiger partial charge in [-0.05, 0) is 19.9 Å². The summed E-state index contributed by atoms with van der Waals surface area (Å²) in [6, 6.07) is 0. The Morgan fingerprint density at radius 3 is 3.07 bits per heavy atom. The lowest BCUT2D eigenvalue weighted by atomic mass is 10.4. The minimum Gasteiger partial charge on any atom is -0.310 e. The van der Waals surface area contributed by atoms with Gasteiger partial charge in [0.25, 0.3) is 0 Å². The molecule has 14 heavy (non-hydrogen) atoms. The minimum atomic E-state index is 0.747. The molecule has 0 aromatic carbocycles. The van der Waals surface area contributed by atoms with Gasteiger partial charge in [-0.2, -0.15) is 5.10 Å². The Morgan fingerprint density at radius 1 is 1.64 bits per heavy atom. The maximum absolute atomic E-state index is 4.30. The van der Waals surface area contributed by atoms with Crippen molar-refractivity contribution in [3.8, 4) is 0 Å². The normalized spacial score (nSPS) is 10.4. The van der Waals surface area contributed by atoms with Crippen molar-refractivity contribution in [2.75, 3.05) is 6.54 Å². The van der Waals surface area contributed by atoms with Gasteiger partial charge in [0.1, 0.15) is 6.33 Å². The Bertz CT molecular complexity index is 290. The molecular formula is C10H18N4. The predicted molar refractivity (Wildman–Crippen MR) is 56.8 cm³/mol. The molecule has 0 radical (unpaired) electrons. The summed E-state index contributed by atoms with van der Waals surface area (Å²) in [7, 11) is 0. The van der Waals surface area contributed by atoms with E-state index in [-0.39, 0.29) is 0 Å². The largest absolute Gasteiger partial charge is 0.310 e. The van der Waals surface area contributed by atoms with Crippen LogP contribution in [0, 0.1) is 0 Å². The summed E-state index contributed by atoms with van der Waals surface area (Å²) in [5.74, 6) is 0.847. The van der Waals surface area contributed by atoms with E-state index in [4.69, 9.17) is 0 Å². The molecule has 1 rings (SSSR count). The molecule has 1 aromatic rings. The maximum atomic E-state index is 4.30. The Hall–Kier alpha value is -1.16. The highest BCUT2D eigenvalue weighted by Crippen LogP contribution is 1.95. The highest BCUT2D eigenvalue weighted by atomic mass is 15.3. The van der Waals surface area contributed by atoms with Crippen molar-refractivity contribution in [2.24, 2.45) is 0 Å². The lowest BCUT2D eigenvalue weighted by molar-refractivity contribution is 0.622. The average Bonchev–Trinajstić information content (AvgIpc) is 2.52. The topological polar surface area (TPSA) is 42.7 Å². The fourth-order valence-electron chi connectivity index (χ4n) is 1.14. The summed E-state index contributed by atoms with van der Waals surface area (Å²) >= 11 is 0. The van der Waals surface area contributed by atoms with E-state index in [0.29, 0.717) is 0 Å². The first-order valence-electron chi connectivity index (χ1n) is 4.95. The summed E-state index contributed by atoms with van der Waals surface area (Å²) in [4.78, 5) is 4.19. The predicted octanol–water partition coefficient (Wildman–Crippen LogP) is 1.35. The standard InChI is InChI=1S/C10H18N4/c1-4-5-11-6-10-12-8-14(13-10)7-9(2)3/h8,11H,2,4-7H2,1,3H3. The first-order chi connectivity index (χ1) is 6.72. The van der Waals surface area contributed by atoms with Gasteiger partial charge in [-0.3, -0.25) is 0 Å². The molecular weight excluding hydrogens is 176 g/mol. The lowest BCUT2D eigenvalue weighted by Crippen LogP contribution is -2.15. The molecule has 0 aliphatic heterocycles. The zero-order chi connectivity index (χ0) is 10.4. The number of hydrogen-bond donors (Lipinski definition) is 1. The number of nitrogens with zero attached hydrogens (tertiary/aromatic N) is 3. The molecule has 0 aliphatic rings. The van der Waals surface area contributed by atoms with E-state index in [2.05, 4.69) is 28.9 Å². The van der Waals surface area contributed by atoms with Gasteiger partial charge in [0.2, 0.25) is 0 Å². The van der Waals surface area contributed by atoms with Crippen molar-refractivity contribution in [3.05, 3.63) is 24.3 Å². The van der Waals surface area contributed by atoms with Crippen molar-refractivity contribution in [3.63, 3.8) is 0 Å². The molecule has 1 aromatic heterocycles. The van der Waals surface area contributed by atoms with Crippen molar-refractivity contribution in [2.45, 2.75) is 33.4 Å². The van der Waals surface area contributed by atoms with Crippen LogP contribution in [-0.2, 0) is 13.1 Å². The van der Waals surface area contributed by atoms with Crippen LogP contribution in [0.25, 0.3) is 0 Å². The molecule has 0 amide bonds. The van der Waals surface area contributed by atoms with Crippen LogP contribution in [-0.4, -0.2) is 21.3 Å². The Labute approximate surface area is 85.0 Å². The monoisotopic (exact) mass is 194 g/mol. The second-order valence-electron chi connectivity index (χ2n) is 3.49. The molecule has 0 fully saturated rings. The van der Waals surface area contributed by atoms with Crippen molar-refractivity contribution in [1.82, 2.24) is 20.1 Å². The third kappa shape index (κ3) is 3.70. The highest BCUT2D eigenvalue weighted by molar-refractivity contribution is 4.89. The van der Waals surface area contributed by atoms with Gasteiger partial charge in [-0.1, -0.05) is 19.1 Å². The first-order valence-corrected chi connectivity index (χ1v) is 4.95. The van der Waals surface area contributed by atoms with Crippen LogP contribution in [0.1, 0.15) is 26.1 Å².